The first-order valence-electron chi connectivity index (χ1n) is 5.46. The zero-order valence-corrected chi connectivity index (χ0v) is 11.1. The van der Waals surface area contributed by atoms with E-state index < -0.39 is 0 Å². The number of benzene rings is 1. The molecule has 1 unspecified atom stereocenters. The van der Waals surface area contributed by atoms with Crippen LogP contribution in [-0.4, -0.2) is 26.0 Å². The molecule has 0 saturated heterocycles. The summed E-state index contributed by atoms with van der Waals surface area (Å²) in [5.74, 6) is 1.32. The standard InChI is InChI=1S/C12H14BrNO3/c1-7(5-14)10-9(13)4-8(6-15)11-12(10)17-3-2-16-11/h4,6-7H,2-3,5,14H2,1H3. The molecule has 1 aliphatic heterocycles. The Labute approximate surface area is 108 Å². The van der Waals surface area contributed by atoms with Gasteiger partial charge in [-0.05, 0) is 18.5 Å². The lowest BCUT2D eigenvalue weighted by Crippen LogP contribution is -2.20. The number of nitrogens with two attached hydrogens (primary N) is 1. The van der Waals surface area contributed by atoms with Gasteiger partial charge in [0.1, 0.15) is 13.2 Å². The van der Waals surface area contributed by atoms with Crippen LogP contribution in [0.15, 0.2) is 10.5 Å². The summed E-state index contributed by atoms with van der Waals surface area (Å²) < 4.78 is 12.0. The van der Waals surface area contributed by atoms with Gasteiger partial charge in [-0.25, -0.2) is 0 Å². The molecule has 0 fully saturated rings. The SMILES string of the molecule is CC(CN)c1c(Br)cc(C=O)c2c1OCCO2. The molecule has 17 heavy (non-hydrogen) atoms. The molecule has 0 aromatic heterocycles. The Balaban J connectivity index is 2.63. The van der Waals surface area contributed by atoms with Crippen LogP contribution in [-0.2, 0) is 0 Å². The molecule has 4 nitrogen and oxygen atoms in total. The van der Waals surface area contributed by atoms with Crippen LogP contribution < -0.4 is 15.2 Å². The van der Waals surface area contributed by atoms with E-state index in [9.17, 15) is 4.79 Å². The van der Waals surface area contributed by atoms with E-state index in [1.54, 1.807) is 6.07 Å². The summed E-state index contributed by atoms with van der Waals surface area (Å²) in [7, 11) is 0. The second-order valence-corrected chi connectivity index (χ2v) is 4.83. The van der Waals surface area contributed by atoms with Gasteiger partial charge in [-0.2, -0.15) is 0 Å². The van der Waals surface area contributed by atoms with Gasteiger partial charge in [0.25, 0.3) is 0 Å². The first kappa shape index (κ1) is 12.4. The predicted molar refractivity (Wildman–Crippen MR) is 68.0 cm³/mol. The van der Waals surface area contributed by atoms with Crippen molar-refractivity contribution in [2.75, 3.05) is 19.8 Å². The smallest absolute Gasteiger partial charge is 0.172 e. The highest BCUT2D eigenvalue weighted by Crippen LogP contribution is 2.43. The average molecular weight is 300 g/mol. The van der Waals surface area contributed by atoms with Gasteiger partial charge < -0.3 is 15.2 Å². The Bertz CT molecular complexity index is 448. The van der Waals surface area contributed by atoms with Crippen LogP contribution in [0.1, 0.15) is 28.8 Å². The minimum Gasteiger partial charge on any atom is -0.486 e. The van der Waals surface area contributed by atoms with Gasteiger partial charge >= 0.3 is 0 Å². The largest absolute Gasteiger partial charge is 0.486 e. The lowest BCUT2D eigenvalue weighted by Gasteiger charge is -2.25. The number of ether oxygens (including phenoxy) is 2. The van der Waals surface area contributed by atoms with Crippen LogP contribution in [0, 0.1) is 0 Å². The summed E-state index contributed by atoms with van der Waals surface area (Å²) >= 11 is 3.46. The molecule has 1 atom stereocenters. The fourth-order valence-corrected chi connectivity index (χ4v) is 2.70. The molecule has 1 aliphatic rings. The minimum atomic E-state index is 0.139. The molecule has 0 aliphatic carbocycles. The van der Waals surface area contributed by atoms with Gasteiger partial charge in [-0.15, -0.1) is 0 Å². The maximum absolute atomic E-state index is 11.0. The number of rotatable bonds is 3. The van der Waals surface area contributed by atoms with Gasteiger partial charge in [0.15, 0.2) is 17.8 Å². The molecule has 1 aromatic carbocycles. The molecule has 0 radical (unpaired) electrons. The van der Waals surface area contributed by atoms with Crippen molar-refractivity contribution in [3.05, 3.63) is 21.7 Å². The third-order valence-electron chi connectivity index (χ3n) is 2.80. The number of fused-ring (bicyclic) bond motifs is 1. The fraction of sp³-hybridized carbons (Fsp3) is 0.417. The van der Waals surface area contributed by atoms with Crippen LogP contribution >= 0.6 is 15.9 Å². The van der Waals surface area contributed by atoms with E-state index in [1.165, 1.54) is 0 Å². The van der Waals surface area contributed by atoms with Crippen LogP contribution in [0.5, 0.6) is 11.5 Å². The van der Waals surface area contributed by atoms with E-state index in [4.69, 9.17) is 15.2 Å². The molecule has 2 N–H and O–H groups in total. The molecule has 92 valence electrons. The van der Waals surface area contributed by atoms with Gasteiger partial charge in [0.05, 0.1) is 5.56 Å². The summed E-state index contributed by atoms with van der Waals surface area (Å²) in [6.45, 7) is 3.48. The first-order valence-corrected chi connectivity index (χ1v) is 6.25. The van der Waals surface area contributed by atoms with Crippen LogP contribution in [0.25, 0.3) is 0 Å². The number of hydrogen-bond donors (Lipinski definition) is 1. The van der Waals surface area contributed by atoms with Crippen LogP contribution in [0.2, 0.25) is 0 Å². The summed E-state index contributed by atoms with van der Waals surface area (Å²) in [4.78, 5) is 11.0. The van der Waals surface area contributed by atoms with Gasteiger partial charge in [0.2, 0.25) is 0 Å². The van der Waals surface area contributed by atoms with Crippen molar-refractivity contribution in [3.63, 3.8) is 0 Å². The molecule has 2 rings (SSSR count). The molecule has 0 amide bonds. The van der Waals surface area contributed by atoms with E-state index >= 15 is 0 Å². The number of halogens is 1. The number of carbonyl (C=O) groups excluding carboxylic acids is 1. The monoisotopic (exact) mass is 299 g/mol. The molecule has 0 bridgehead atoms. The van der Waals surface area contributed by atoms with Crippen molar-refractivity contribution in [2.24, 2.45) is 5.73 Å². The van der Waals surface area contributed by atoms with Crippen molar-refractivity contribution in [3.8, 4) is 11.5 Å². The average Bonchev–Trinajstić information content (AvgIpc) is 2.37. The van der Waals surface area contributed by atoms with Crippen molar-refractivity contribution >= 4 is 22.2 Å². The molecule has 5 heteroatoms. The van der Waals surface area contributed by atoms with E-state index in [0.29, 0.717) is 36.8 Å². The topological polar surface area (TPSA) is 61.6 Å². The lowest BCUT2D eigenvalue weighted by molar-refractivity contribution is 0.111. The van der Waals surface area contributed by atoms with E-state index in [1.807, 2.05) is 6.92 Å². The zero-order valence-electron chi connectivity index (χ0n) is 9.53. The van der Waals surface area contributed by atoms with Gasteiger partial charge in [-0.1, -0.05) is 22.9 Å². The van der Waals surface area contributed by atoms with Crippen molar-refractivity contribution < 1.29 is 14.3 Å². The Morgan fingerprint density at radius 1 is 1.47 bits per heavy atom. The van der Waals surface area contributed by atoms with Gasteiger partial charge in [0, 0.05) is 10.0 Å². The highest BCUT2D eigenvalue weighted by molar-refractivity contribution is 9.10. The number of hydrogen-bond acceptors (Lipinski definition) is 4. The Morgan fingerprint density at radius 2 is 2.12 bits per heavy atom. The van der Waals surface area contributed by atoms with Crippen LogP contribution in [0.4, 0.5) is 0 Å². The van der Waals surface area contributed by atoms with Crippen LogP contribution in [0.3, 0.4) is 0 Å². The maximum Gasteiger partial charge on any atom is 0.172 e. The van der Waals surface area contributed by atoms with Crippen molar-refractivity contribution in [1.82, 2.24) is 0 Å². The van der Waals surface area contributed by atoms with E-state index in [0.717, 1.165) is 16.3 Å². The quantitative estimate of drug-likeness (QED) is 0.868. The molecule has 0 saturated carbocycles. The zero-order chi connectivity index (χ0) is 12.4. The molecule has 0 spiro atoms. The normalized spacial score (nSPS) is 15.5. The third-order valence-corrected chi connectivity index (χ3v) is 3.46. The summed E-state index contributed by atoms with van der Waals surface area (Å²) in [6, 6.07) is 1.75. The summed E-state index contributed by atoms with van der Waals surface area (Å²) in [6.07, 6.45) is 0.773. The second-order valence-electron chi connectivity index (χ2n) is 3.97. The third kappa shape index (κ3) is 2.17. The lowest BCUT2D eigenvalue weighted by atomic mass is 9.97. The van der Waals surface area contributed by atoms with Crippen molar-refractivity contribution in [2.45, 2.75) is 12.8 Å². The fourth-order valence-electron chi connectivity index (χ4n) is 1.89. The highest BCUT2D eigenvalue weighted by Gasteiger charge is 2.25. The predicted octanol–water partition coefficient (Wildman–Crippen LogP) is 2.10. The van der Waals surface area contributed by atoms with Gasteiger partial charge in [-0.3, -0.25) is 4.79 Å². The Hall–Kier alpha value is -1.07. The maximum atomic E-state index is 11.0. The van der Waals surface area contributed by atoms with Crippen molar-refractivity contribution in [1.29, 1.82) is 0 Å². The van der Waals surface area contributed by atoms with E-state index in [2.05, 4.69) is 15.9 Å². The molecule has 1 aromatic rings. The molecule has 1 heterocycles. The summed E-state index contributed by atoms with van der Waals surface area (Å²) in [5, 5.41) is 0. The number of carbonyl (C=O) groups is 1. The second kappa shape index (κ2) is 5.06. The Morgan fingerprint density at radius 3 is 2.71 bits per heavy atom. The molecular weight excluding hydrogens is 286 g/mol. The first-order chi connectivity index (χ1) is 8.19. The minimum absolute atomic E-state index is 0.139. The summed E-state index contributed by atoms with van der Waals surface area (Å²) in [5.41, 5.74) is 7.16. The number of aldehydes is 1. The Kier molecular flexibility index (Phi) is 3.69. The molecular formula is C12H14BrNO3. The highest BCUT2D eigenvalue weighted by atomic mass is 79.9. The van der Waals surface area contributed by atoms with E-state index in [-0.39, 0.29) is 5.92 Å².